The van der Waals surface area contributed by atoms with Gasteiger partial charge in [-0.15, -0.1) is 0 Å². The summed E-state index contributed by atoms with van der Waals surface area (Å²) in [5.74, 6) is 0.436. The zero-order chi connectivity index (χ0) is 21.0. The minimum absolute atomic E-state index is 0.0497. The Labute approximate surface area is 174 Å². The van der Waals surface area contributed by atoms with Crippen molar-refractivity contribution < 1.29 is 18.3 Å². The van der Waals surface area contributed by atoms with Crippen LogP contribution in [-0.2, 0) is 4.79 Å². The first-order chi connectivity index (χ1) is 13.8. The van der Waals surface area contributed by atoms with E-state index in [-0.39, 0.29) is 17.7 Å². The molecule has 1 atom stereocenters. The predicted octanol–water partition coefficient (Wildman–Crippen LogP) is 6.90. The summed E-state index contributed by atoms with van der Waals surface area (Å²) < 4.78 is 24.3. The Bertz CT molecular complexity index is 1000. The molecule has 0 aliphatic rings. The largest absolute Gasteiger partial charge is 0.458 e. The maximum Gasteiger partial charge on any atom is 0.319 e. The highest BCUT2D eigenvalue weighted by Gasteiger charge is 2.27. The number of carbonyl (C=O) groups is 1. The quantitative estimate of drug-likeness (QED) is 0.413. The van der Waals surface area contributed by atoms with Crippen LogP contribution < -0.4 is 4.74 Å². The van der Waals surface area contributed by atoms with Gasteiger partial charge in [0.15, 0.2) is 5.75 Å². The standard InChI is InChI=1S/C24H22ClFO3/c1-15(2)23(18-7-9-19(25)10-8-18)24(27)29-22-14-21(28-16(22)3)13-6-17-4-11-20(26)12-5-17/h4-15,23H,1-3H3. The molecule has 150 valence electrons. The number of rotatable bonds is 6. The molecule has 3 rings (SSSR count). The van der Waals surface area contributed by atoms with Gasteiger partial charge in [0.1, 0.15) is 17.3 Å². The molecule has 0 aliphatic heterocycles. The van der Waals surface area contributed by atoms with Gasteiger partial charge in [-0.1, -0.05) is 55.8 Å². The number of furan rings is 1. The second-order valence-corrected chi connectivity index (χ2v) is 7.58. The number of hydrogen-bond acceptors (Lipinski definition) is 3. The fraction of sp³-hybridized carbons (Fsp3) is 0.208. The van der Waals surface area contributed by atoms with Crippen molar-refractivity contribution in [3.05, 3.63) is 88.1 Å². The fourth-order valence-electron chi connectivity index (χ4n) is 3.06. The van der Waals surface area contributed by atoms with Crippen LogP contribution in [0.1, 0.15) is 42.4 Å². The van der Waals surface area contributed by atoms with E-state index in [0.717, 1.165) is 11.1 Å². The maximum absolute atomic E-state index is 13.0. The summed E-state index contributed by atoms with van der Waals surface area (Å²) in [5, 5.41) is 0.618. The Morgan fingerprint density at radius 3 is 2.34 bits per heavy atom. The zero-order valence-corrected chi connectivity index (χ0v) is 17.2. The van der Waals surface area contributed by atoms with Crippen molar-refractivity contribution >= 4 is 29.7 Å². The molecular weight excluding hydrogens is 391 g/mol. The highest BCUT2D eigenvalue weighted by Crippen LogP contribution is 2.30. The summed E-state index contributed by atoms with van der Waals surface area (Å²) in [4.78, 5) is 12.9. The van der Waals surface area contributed by atoms with Crippen molar-refractivity contribution in [2.75, 3.05) is 0 Å². The van der Waals surface area contributed by atoms with Crippen LogP contribution >= 0.6 is 11.6 Å². The number of carbonyl (C=O) groups excluding carboxylic acids is 1. The van der Waals surface area contributed by atoms with Crippen molar-refractivity contribution in [1.82, 2.24) is 0 Å². The van der Waals surface area contributed by atoms with Gasteiger partial charge in [0.2, 0.25) is 0 Å². The van der Waals surface area contributed by atoms with Gasteiger partial charge in [0.05, 0.1) is 5.92 Å². The summed E-state index contributed by atoms with van der Waals surface area (Å²) in [7, 11) is 0. The third-order valence-electron chi connectivity index (χ3n) is 4.56. The Hall–Kier alpha value is -2.85. The van der Waals surface area contributed by atoms with Gasteiger partial charge in [0, 0.05) is 11.1 Å². The summed E-state index contributed by atoms with van der Waals surface area (Å²) in [5.41, 5.74) is 1.69. The molecule has 2 aromatic carbocycles. The fourth-order valence-corrected chi connectivity index (χ4v) is 3.18. The van der Waals surface area contributed by atoms with E-state index >= 15 is 0 Å². The lowest BCUT2D eigenvalue weighted by molar-refractivity contribution is -0.137. The second-order valence-electron chi connectivity index (χ2n) is 7.15. The van der Waals surface area contributed by atoms with E-state index < -0.39 is 5.92 Å². The van der Waals surface area contributed by atoms with Crippen LogP contribution in [0.15, 0.2) is 59.0 Å². The molecule has 0 amide bonds. The highest BCUT2D eigenvalue weighted by molar-refractivity contribution is 6.30. The van der Waals surface area contributed by atoms with E-state index in [0.29, 0.717) is 22.3 Å². The normalized spacial score (nSPS) is 12.5. The van der Waals surface area contributed by atoms with Crippen LogP contribution in [0.5, 0.6) is 5.75 Å². The topological polar surface area (TPSA) is 39.4 Å². The number of hydrogen-bond donors (Lipinski definition) is 0. The molecule has 3 aromatic rings. The Kier molecular flexibility index (Phi) is 6.55. The molecule has 0 spiro atoms. The first kappa shape index (κ1) is 20.9. The van der Waals surface area contributed by atoms with Crippen molar-refractivity contribution in [2.24, 2.45) is 5.92 Å². The molecular formula is C24H22ClFO3. The van der Waals surface area contributed by atoms with Crippen LogP contribution in [-0.4, -0.2) is 5.97 Å². The van der Waals surface area contributed by atoms with Crippen molar-refractivity contribution in [3.8, 4) is 5.75 Å². The van der Waals surface area contributed by atoms with Crippen LogP contribution in [0.25, 0.3) is 12.2 Å². The predicted molar refractivity (Wildman–Crippen MR) is 113 cm³/mol. The molecule has 3 nitrogen and oxygen atoms in total. The van der Waals surface area contributed by atoms with E-state index in [9.17, 15) is 9.18 Å². The Morgan fingerprint density at radius 2 is 1.72 bits per heavy atom. The lowest BCUT2D eigenvalue weighted by Crippen LogP contribution is -2.23. The third kappa shape index (κ3) is 5.36. The number of ether oxygens (including phenoxy) is 1. The van der Waals surface area contributed by atoms with Gasteiger partial charge in [-0.3, -0.25) is 4.79 Å². The minimum atomic E-state index is -0.417. The molecule has 29 heavy (non-hydrogen) atoms. The molecule has 0 fully saturated rings. The molecule has 0 bridgehead atoms. The number of benzene rings is 2. The number of halogens is 2. The molecule has 0 saturated carbocycles. The summed E-state index contributed by atoms with van der Waals surface area (Å²) in [6.45, 7) is 5.68. The third-order valence-corrected chi connectivity index (χ3v) is 4.81. The molecule has 5 heteroatoms. The number of esters is 1. The monoisotopic (exact) mass is 412 g/mol. The van der Waals surface area contributed by atoms with Gasteiger partial charge in [-0.2, -0.15) is 0 Å². The smallest absolute Gasteiger partial charge is 0.319 e. The SMILES string of the molecule is Cc1oc(C=Cc2ccc(F)cc2)cc1OC(=O)C(c1ccc(Cl)cc1)C(C)C. The average molecular weight is 413 g/mol. The Balaban J connectivity index is 1.76. The summed E-state index contributed by atoms with van der Waals surface area (Å²) in [6, 6.07) is 15.0. The van der Waals surface area contributed by atoms with Crippen molar-refractivity contribution in [3.63, 3.8) is 0 Å². The first-order valence-electron chi connectivity index (χ1n) is 9.34. The van der Waals surface area contributed by atoms with Crippen LogP contribution in [0.3, 0.4) is 0 Å². The molecule has 1 unspecified atom stereocenters. The lowest BCUT2D eigenvalue weighted by atomic mass is 9.88. The zero-order valence-electron chi connectivity index (χ0n) is 16.5. The van der Waals surface area contributed by atoms with Gasteiger partial charge < -0.3 is 9.15 Å². The Morgan fingerprint density at radius 1 is 1.07 bits per heavy atom. The van der Waals surface area contributed by atoms with Gasteiger partial charge in [0.25, 0.3) is 0 Å². The van der Waals surface area contributed by atoms with Crippen LogP contribution in [0.4, 0.5) is 4.39 Å². The van der Waals surface area contributed by atoms with E-state index in [1.807, 2.05) is 26.0 Å². The second kappa shape index (κ2) is 9.10. The summed E-state index contributed by atoms with van der Waals surface area (Å²) in [6.07, 6.45) is 3.55. The van der Waals surface area contributed by atoms with E-state index in [2.05, 4.69) is 0 Å². The van der Waals surface area contributed by atoms with Crippen molar-refractivity contribution in [2.45, 2.75) is 26.7 Å². The van der Waals surface area contributed by atoms with Crippen molar-refractivity contribution in [1.29, 1.82) is 0 Å². The summed E-state index contributed by atoms with van der Waals surface area (Å²) >= 11 is 5.96. The van der Waals surface area contributed by atoms with Crippen LogP contribution in [0, 0.1) is 18.7 Å². The molecule has 0 radical (unpaired) electrons. The van der Waals surface area contributed by atoms with Gasteiger partial charge in [-0.05, 0) is 54.3 Å². The molecule has 1 aromatic heterocycles. The van der Waals surface area contributed by atoms with E-state index in [4.69, 9.17) is 20.8 Å². The van der Waals surface area contributed by atoms with Gasteiger partial charge in [-0.25, -0.2) is 4.39 Å². The first-order valence-corrected chi connectivity index (χ1v) is 9.72. The molecule has 0 saturated heterocycles. The van der Waals surface area contributed by atoms with E-state index in [1.54, 1.807) is 49.4 Å². The highest BCUT2D eigenvalue weighted by atomic mass is 35.5. The molecule has 0 aliphatic carbocycles. The average Bonchev–Trinajstić information content (AvgIpc) is 3.02. The van der Waals surface area contributed by atoms with Gasteiger partial charge >= 0.3 is 5.97 Å². The van der Waals surface area contributed by atoms with E-state index in [1.165, 1.54) is 12.1 Å². The molecule has 0 N–H and O–H groups in total. The minimum Gasteiger partial charge on any atom is -0.458 e. The lowest BCUT2D eigenvalue weighted by Gasteiger charge is -2.19. The van der Waals surface area contributed by atoms with Crippen LogP contribution in [0.2, 0.25) is 5.02 Å². The maximum atomic E-state index is 13.0. The molecule has 1 heterocycles. The number of aryl methyl sites for hydroxylation is 1.